The molecule has 0 bridgehead atoms. The van der Waals surface area contributed by atoms with E-state index in [0.717, 1.165) is 26.6 Å². The van der Waals surface area contributed by atoms with E-state index in [4.69, 9.17) is 15.9 Å². The SMILES string of the molecule is NC(=O)c1cccc(-c2cc(Br)c3occc3c2)c1N. The number of nitrogen functional groups attached to an aromatic ring is 1. The molecule has 3 aromatic rings. The third-order valence-electron chi connectivity index (χ3n) is 3.19. The lowest BCUT2D eigenvalue weighted by Crippen LogP contribution is -2.13. The highest BCUT2D eigenvalue weighted by Crippen LogP contribution is 2.35. The summed E-state index contributed by atoms with van der Waals surface area (Å²) in [5.74, 6) is -0.534. The van der Waals surface area contributed by atoms with Gasteiger partial charge in [0.25, 0.3) is 5.91 Å². The number of primary amides is 1. The molecule has 0 spiro atoms. The zero-order valence-electron chi connectivity index (χ0n) is 10.4. The molecule has 5 heteroatoms. The first kappa shape index (κ1) is 12.7. The summed E-state index contributed by atoms with van der Waals surface area (Å²) in [6.07, 6.45) is 1.63. The molecule has 0 aliphatic carbocycles. The van der Waals surface area contributed by atoms with Gasteiger partial charge in [-0.25, -0.2) is 0 Å². The van der Waals surface area contributed by atoms with Gasteiger partial charge in [-0.2, -0.15) is 0 Å². The third-order valence-corrected chi connectivity index (χ3v) is 3.78. The van der Waals surface area contributed by atoms with Crippen LogP contribution in [-0.4, -0.2) is 5.91 Å². The van der Waals surface area contributed by atoms with Gasteiger partial charge in [-0.05, 0) is 45.8 Å². The summed E-state index contributed by atoms with van der Waals surface area (Å²) < 4.78 is 6.21. The van der Waals surface area contributed by atoms with Crippen molar-refractivity contribution >= 4 is 38.5 Å². The van der Waals surface area contributed by atoms with Gasteiger partial charge in [0.1, 0.15) is 5.58 Å². The first-order valence-electron chi connectivity index (χ1n) is 5.93. The lowest BCUT2D eigenvalue weighted by Gasteiger charge is -2.10. The van der Waals surface area contributed by atoms with Crippen LogP contribution in [0, 0.1) is 0 Å². The largest absolute Gasteiger partial charge is 0.463 e. The fraction of sp³-hybridized carbons (Fsp3) is 0. The van der Waals surface area contributed by atoms with Crippen molar-refractivity contribution in [1.29, 1.82) is 0 Å². The third kappa shape index (κ3) is 1.96. The molecule has 0 radical (unpaired) electrons. The van der Waals surface area contributed by atoms with E-state index in [1.165, 1.54) is 0 Å². The number of rotatable bonds is 2. The first-order chi connectivity index (χ1) is 9.58. The quantitative estimate of drug-likeness (QED) is 0.705. The molecule has 3 rings (SSSR count). The van der Waals surface area contributed by atoms with Crippen molar-refractivity contribution in [2.75, 3.05) is 5.73 Å². The second kappa shape index (κ2) is 4.68. The van der Waals surface area contributed by atoms with Gasteiger partial charge in [0.15, 0.2) is 0 Å². The van der Waals surface area contributed by atoms with Crippen LogP contribution in [0.1, 0.15) is 10.4 Å². The molecule has 1 aromatic heterocycles. The molecule has 4 N–H and O–H groups in total. The van der Waals surface area contributed by atoms with Crippen molar-refractivity contribution in [2.45, 2.75) is 0 Å². The summed E-state index contributed by atoms with van der Waals surface area (Å²) in [6.45, 7) is 0. The molecule has 1 amide bonds. The maximum absolute atomic E-state index is 11.4. The number of nitrogens with two attached hydrogens (primary N) is 2. The van der Waals surface area contributed by atoms with Crippen molar-refractivity contribution in [3.05, 3.63) is 52.7 Å². The van der Waals surface area contributed by atoms with Crippen molar-refractivity contribution in [3.8, 4) is 11.1 Å². The summed E-state index contributed by atoms with van der Waals surface area (Å²) in [4.78, 5) is 11.4. The molecule has 0 aliphatic rings. The topological polar surface area (TPSA) is 82.2 Å². The van der Waals surface area contributed by atoms with Gasteiger partial charge >= 0.3 is 0 Å². The standard InChI is InChI=1S/C15H11BrN2O2/c16-12-7-9(6-8-4-5-20-14(8)12)10-2-1-3-11(13(10)17)15(18)19/h1-7H,17H2,(H2,18,19). The fourth-order valence-electron chi connectivity index (χ4n) is 2.23. The molecule has 2 aromatic carbocycles. The summed E-state index contributed by atoms with van der Waals surface area (Å²) in [5.41, 5.74) is 14.5. The van der Waals surface area contributed by atoms with Gasteiger partial charge in [0.05, 0.1) is 22.0 Å². The van der Waals surface area contributed by atoms with Gasteiger partial charge in [-0.3, -0.25) is 4.79 Å². The number of hydrogen-bond acceptors (Lipinski definition) is 3. The van der Waals surface area contributed by atoms with E-state index in [1.807, 2.05) is 24.3 Å². The molecule has 4 nitrogen and oxygen atoms in total. The van der Waals surface area contributed by atoms with Gasteiger partial charge in [-0.15, -0.1) is 0 Å². The van der Waals surface area contributed by atoms with E-state index in [2.05, 4.69) is 15.9 Å². The fourth-order valence-corrected chi connectivity index (χ4v) is 2.79. The van der Waals surface area contributed by atoms with Crippen LogP contribution in [0.4, 0.5) is 5.69 Å². The van der Waals surface area contributed by atoms with Crippen LogP contribution in [0.15, 0.2) is 51.6 Å². The molecule has 100 valence electrons. The minimum absolute atomic E-state index is 0.325. The monoisotopic (exact) mass is 330 g/mol. The number of anilines is 1. The zero-order chi connectivity index (χ0) is 14.3. The molecule has 0 saturated heterocycles. The molecule has 0 unspecified atom stereocenters. The Balaban J connectivity index is 2.25. The van der Waals surface area contributed by atoms with E-state index in [9.17, 15) is 4.79 Å². The molecule has 0 atom stereocenters. The van der Waals surface area contributed by atoms with Crippen LogP contribution in [0.25, 0.3) is 22.1 Å². The number of carbonyl (C=O) groups excluding carboxylic acids is 1. The van der Waals surface area contributed by atoms with Gasteiger partial charge in [0, 0.05) is 10.9 Å². The van der Waals surface area contributed by atoms with Crippen molar-refractivity contribution < 1.29 is 9.21 Å². The second-order valence-corrected chi connectivity index (χ2v) is 5.28. The highest BCUT2D eigenvalue weighted by molar-refractivity contribution is 9.10. The van der Waals surface area contributed by atoms with E-state index in [0.29, 0.717) is 11.3 Å². The van der Waals surface area contributed by atoms with E-state index < -0.39 is 5.91 Å². The average molecular weight is 331 g/mol. The molecule has 0 saturated carbocycles. The maximum Gasteiger partial charge on any atom is 0.250 e. The molecule has 0 fully saturated rings. The first-order valence-corrected chi connectivity index (χ1v) is 6.72. The number of fused-ring (bicyclic) bond motifs is 1. The molecule has 1 heterocycles. The van der Waals surface area contributed by atoms with Gasteiger partial charge < -0.3 is 15.9 Å². The van der Waals surface area contributed by atoms with Crippen molar-refractivity contribution in [2.24, 2.45) is 5.73 Å². The highest BCUT2D eigenvalue weighted by Gasteiger charge is 2.13. The van der Waals surface area contributed by atoms with E-state index in [1.54, 1.807) is 18.4 Å². The predicted molar refractivity (Wildman–Crippen MR) is 82.3 cm³/mol. The Morgan fingerprint density at radius 3 is 2.75 bits per heavy atom. The van der Waals surface area contributed by atoms with E-state index >= 15 is 0 Å². The number of halogens is 1. The summed E-state index contributed by atoms with van der Waals surface area (Å²) in [6, 6.07) is 11.0. The Morgan fingerprint density at radius 2 is 2.00 bits per heavy atom. The van der Waals surface area contributed by atoms with Crippen molar-refractivity contribution in [3.63, 3.8) is 0 Å². The summed E-state index contributed by atoms with van der Waals surface area (Å²) in [7, 11) is 0. The summed E-state index contributed by atoms with van der Waals surface area (Å²) >= 11 is 3.47. The Bertz CT molecular complexity index is 824. The number of hydrogen-bond donors (Lipinski definition) is 2. The van der Waals surface area contributed by atoms with Crippen LogP contribution in [0.5, 0.6) is 0 Å². The molecular formula is C15H11BrN2O2. The molecular weight excluding hydrogens is 320 g/mol. The molecule has 20 heavy (non-hydrogen) atoms. The Hall–Kier alpha value is -2.27. The van der Waals surface area contributed by atoms with Crippen LogP contribution in [0.2, 0.25) is 0 Å². The predicted octanol–water partition coefficient (Wildman–Crippen LogP) is 3.54. The summed E-state index contributed by atoms with van der Waals surface area (Å²) in [5, 5.41) is 0.957. The van der Waals surface area contributed by atoms with Crippen LogP contribution in [0.3, 0.4) is 0 Å². The molecule has 0 aliphatic heterocycles. The lowest BCUT2D eigenvalue weighted by molar-refractivity contribution is 0.100. The number of benzene rings is 2. The highest BCUT2D eigenvalue weighted by atomic mass is 79.9. The minimum Gasteiger partial charge on any atom is -0.463 e. The van der Waals surface area contributed by atoms with Crippen LogP contribution in [-0.2, 0) is 0 Å². The Kier molecular flexibility index (Phi) is 2.99. The van der Waals surface area contributed by atoms with Crippen molar-refractivity contribution in [1.82, 2.24) is 0 Å². The smallest absolute Gasteiger partial charge is 0.250 e. The number of furan rings is 1. The van der Waals surface area contributed by atoms with Gasteiger partial charge in [0.2, 0.25) is 0 Å². The zero-order valence-corrected chi connectivity index (χ0v) is 12.0. The number of amides is 1. The average Bonchev–Trinajstić information content (AvgIpc) is 2.87. The second-order valence-electron chi connectivity index (χ2n) is 4.43. The normalized spacial score (nSPS) is 10.8. The maximum atomic E-state index is 11.4. The van der Waals surface area contributed by atoms with Crippen LogP contribution >= 0.6 is 15.9 Å². The Labute approximate surface area is 123 Å². The Morgan fingerprint density at radius 1 is 1.20 bits per heavy atom. The number of carbonyl (C=O) groups is 1. The van der Waals surface area contributed by atoms with Gasteiger partial charge in [-0.1, -0.05) is 12.1 Å². The van der Waals surface area contributed by atoms with Crippen LogP contribution < -0.4 is 11.5 Å². The number of para-hydroxylation sites is 1. The minimum atomic E-state index is -0.534. The lowest BCUT2D eigenvalue weighted by atomic mass is 9.99. The van der Waals surface area contributed by atoms with E-state index in [-0.39, 0.29) is 0 Å².